The van der Waals surface area contributed by atoms with Crippen molar-refractivity contribution in [3.8, 4) is 0 Å². The first-order chi connectivity index (χ1) is 10.8. The number of hydrogen-bond donors (Lipinski definition) is 1. The fourth-order valence-electron chi connectivity index (χ4n) is 4.02. The summed E-state index contributed by atoms with van der Waals surface area (Å²) >= 11 is 0. The highest BCUT2D eigenvalue weighted by atomic mass is 35.5. The van der Waals surface area contributed by atoms with Crippen molar-refractivity contribution in [1.82, 2.24) is 4.90 Å². The van der Waals surface area contributed by atoms with Gasteiger partial charge in [0, 0.05) is 31.0 Å². The molecular formula is C19H29ClN2O. The minimum atomic E-state index is 0. The molecule has 0 bridgehead atoms. The molecule has 2 N–H and O–H groups in total. The zero-order chi connectivity index (χ0) is 15.4. The number of hydrogen-bond acceptors (Lipinski definition) is 2. The van der Waals surface area contributed by atoms with E-state index >= 15 is 0 Å². The molecule has 1 aromatic rings. The average molecular weight is 337 g/mol. The maximum atomic E-state index is 12.9. The van der Waals surface area contributed by atoms with Crippen LogP contribution < -0.4 is 5.73 Å². The maximum absolute atomic E-state index is 12.9. The Hall–Kier alpha value is -1.06. The molecule has 1 aromatic carbocycles. The Morgan fingerprint density at radius 1 is 0.957 bits per heavy atom. The van der Waals surface area contributed by atoms with Crippen LogP contribution in [0.15, 0.2) is 30.3 Å². The second-order valence-electron chi connectivity index (χ2n) is 6.97. The lowest BCUT2D eigenvalue weighted by Gasteiger charge is -2.25. The van der Waals surface area contributed by atoms with Gasteiger partial charge in [-0.25, -0.2) is 0 Å². The average Bonchev–Trinajstić information content (AvgIpc) is 2.89. The number of likely N-dealkylation sites (tertiary alicyclic amines) is 1. The third-order valence-corrected chi connectivity index (χ3v) is 5.36. The number of carbonyl (C=O) groups excluding carboxylic acids is 1. The lowest BCUT2D eigenvalue weighted by Crippen LogP contribution is -2.36. The van der Waals surface area contributed by atoms with E-state index in [-0.39, 0.29) is 24.4 Å². The lowest BCUT2D eigenvalue weighted by atomic mass is 9.90. The molecule has 2 atom stereocenters. The lowest BCUT2D eigenvalue weighted by molar-refractivity contribution is -0.135. The van der Waals surface area contributed by atoms with Crippen molar-refractivity contribution in [3.05, 3.63) is 35.9 Å². The predicted molar refractivity (Wildman–Crippen MR) is 96.8 cm³/mol. The molecule has 2 aliphatic rings. The second kappa shape index (κ2) is 8.70. The van der Waals surface area contributed by atoms with Gasteiger partial charge < -0.3 is 10.6 Å². The number of nitrogens with zero attached hydrogens (tertiary/aromatic N) is 1. The minimum absolute atomic E-state index is 0. The highest BCUT2D eigenvalue weighted by molar-refractivity contribution is 5.85. The van der Waals surface area contributed by atoms with Gasteiger partial charge in [-0.2, -0.15) is 0 Å². The first kappa shape index (κ1) is 18.3. The highest BCUT2D eigenvalue weighted by Gasteiger charge is 2.36. The number of rotatable bonds is 2. The van der Waals surface area contributed by atoms with E-state index in [4.69, 9.17) is 5.73 Å². The number of carbonyl (C=O) groups is 1. The van der Waals surface area contributed by atoms with Crippen molar-refractivity contribution in [2.45, 2.75) is 56.9 Å². The smallest absolute Gasteiger partial charge is 0.225 e. The third kappa shape index (κ3) is 4.48. The van der Waals surface area contributed by atoms with Crippen LogP contribution in [0.3, 0.4) is 0 Å². The van der Waals surface area contributed by atoms with Gasteiger partial charge in [0.25, 0.3) is 0 Å². The van der Waals surface area contributed by atoms with E-state index in [1.807, 2.05) is 11.0 Å². The predicted octanol–water partition coefficient (Wildman–Crippen LogP) is 3.72. The molecule has 0 spiro atoms. The van der Waals surface area contributed by atoms with Crippen molar-refractivity contribution >= 4 is 18.3 Å². The van der Waals surface area contributed by atoms with E-state index in [2.05, 4.69) is 24.3 Å². The summed E-state index contributed by atoms with van der Waals surface area (Å²) in [6, 6.07) is 10.5. The molecule has 2 fully saturated rings. The van der Waals surface area contributed by atoms with Gasteiger partial charge in [0.05, 0.1) is 0 Å². The summed E-state index contributed by atoms with van der Waals surface area (Å²) in [5.74, 6) is 0.886. The van der Waals surface area contributed by atoms with Gasteiger partial charge in [0.2, 0.25) is 5.91 Å². The fraction of sp³-hybridized carbons (Fsp3) is 0.632. The molecule has 3 rings (SSSR count). The second-order valence-corrected chi connectivity index (χ2v) is 6.97. The van der Waals surface area contributed by atoms with E-state index in [0.29, 0.717) is 11.8 Å². The van der Waals surface area contributed by atoms with Crippen LogP contribution in [0, 0.1) is 5.92 Å². The van der Waals surface area contributed by atoms with Gasteiger partial charge in [0.1, 0.15) is 0 Å². The van der Waals surface area contributed by atoms with Crippen LogP contribution in [0.2, 0.25) is 0 Å². The summed E-state index contributed by atoms with van der Waals surface area (Å²) in [5.41, 5.74) is 7.60. The first-order valence-corrected chi connectivity index (χ1v) is 8.85. The Morgan fingerprint density at radius 3 is 2.22 bits per heavy atom. The fourth-order valence-corrected chi connectivity index (χ4v) is 4.02. The summed E-state index contributed by atoms with van der Waals surface area (Å²) in [6.07, 6.45) is 8.47. The monoisotopic (exact) mass is 336 g/mol. The summed E-state index contributed by atoms with van der Waals surface area (Å²) in [5, 5.41) is 0. The molecule has 1 aliphatic heterocycles. The molecule has 1 saturated heterocycles. The number of amides is 1. The van der Waals surface area contributed by atoms with E-state index in [1.54, 1.807) is 0 Å². The van der Waals surface area contributed by atoms with Crippen molar-refractivity contribution in [2.75, 3.05) is 13.1 Å². The number of benzene rings is 1. The molecular weight excluding hydrogens is 308 g/mol. The summed E-state index contributed by atoms with van der Waals surface area (Å²) in [4.78, 5) is 14.9. The standard InChI is InChI=1S/C19H28N2O.ClH/c20-18-14-21(13-17(18)15-9-7-4-8-10-15)19(22)16-11-5-2-1-3-6-12-16;/h4,7-10,16-18H,1-3,5-6,11-14,20H2;1H/t17-,18+;/m0./s1. The summed E-state index contributed by atoms with van der Waals surface area (Å²) in [7, 11) is 0. The van der Waals surface area contributed by atoms with Gasteiger partial charge in [0.15, 0.2) is 0 Å². The molecule has 23 heavy (non-hydrogen) atoms. The largest absolute Gasteiger partial charge is 0.340 e. The normalized spacial score (nSPS) is 26.2. The summed E-state index contributed by atoms with van der Waals surface area (Å²) < 4.78 is 0. The van der Waals surface area contributed by atoms with E-state index in [9.17, 15) is 4.79 Å². The molecule has 128 valence electrons. The molecule has 1 heterocycles. The van der Waals surface area contributed by atoms with Crippen LogP contribution in [0.25, 0.3) is 0 Å². The van der Waals surface area contributed by atoms with Gasteiger partial charge >= 0.3 is 0 Å². The Bertz CT molecular complexity index is 485. The molecule has 1 saturated carbocycles. The van der Waals surface area contributed by atoms with E-state index < -0.39 is 0 Å². The van der Waals surface area contributed by atoms with Gasteiger partial charge in [-0.15, -0.1) is 12.4 Å². The first-order valence-electron chi connectivity index (χ1n) is 8.85. The zero-order valence-electron chi connectivity index (χ0n) is 13.8. The van der Waals surface area contributed by atoms with Crippen molar-refractivity contribution in [3.63, 3.8) is 0 Å². The molecule has 0 unspecified atom stereocenters. The van der Waals surface area contributed by atoms with Crippen molar-refractivity contribution in [2.24, 2.45) is 11.7 Å². The van der Waals surface area contributed by atoms with Crippen molar-refractivity contribution in [1.29, 1.82) is 0 Å². The van der Waals surface area contributed by atoms with E-state index in [0.717, 1.165) is 25.9 Å². The number of halogens is 1. The van der Waals surface area contributed by atoms with E-state index in [1.165, 1.54) is 37.7 Å². The van der Waals surface area contributed by atoms with Crippen LogP contribution in [0.1, 0.15) is 56.4 Å². The highest BCUT2D eigenvalue weighted by Crippen LogP contribution is 2.30. The van der Waals surface area contributed by atoms with Crippen LogP contribution >= 0.6 is 12.4 Å². The van der Waals surface area contributed by atoms with Gasteiger partial charge in [-0.1, -0.05) is 62.4 Å². The minimum Gasteiger partial charge on any atom is -0.340 e. The molecule has 1 aliphatic carbocycles. The quantitative estimate of drug-likeness (QED) is 0.894. The number of nitrogens with two attached hydrogens (primary N) is 1. The third-order valence-electron chi connectivity index (χ3n) is 5.36. The maximum Gasteiger partial charge on any atom is 0.225 e. The van der Waals surface area contributed by atoms with Crippen LogP contribution in [0.5, 0.6) is 0 Å². The molecule has 4 heteroatoms. The zero-order valence-corrected chi connectivity index (χ0v) is 14.6. The van der Waals surface area contributed by atoms with Crippen LogP contribution in [-0.2, 0) is 4.79 Å². The SMILES string of the molecule is Cl.N[C@@H]1CN(C(=O)C2CCCCCCC2)C[C@H]1c1ccccc1. The summed E-state index contributed by atoms with van der Waals surface area (Å²) in [6.45, 7) is 1.51. The van der Waals surface area contributed by atoms with Crippen LogP contribution in [0.4, 0.5) is 0 Å². The molecule has 0 radical (unpaired) electrons. The molecule has 1 amide bonds. The Balaban J connectivity index is 0.00000192. The van der Waals surface area contributed by atoms with Gasteiger partial charge in [-0.3, -0.25) is 4.79 Å². The molecule has 0 aromatic heterocycles. The Labute approximate surface area is 146 Å². The van der Waals surface area contributed by atoms with Crippen molar-refractivity contribution < 1.29 is 4.79 Å². The van der Waals surface area contributed by atoms with Crippen LogP contribution in [-0.4, -0.2) is 29.9 Å². The topological polar surface area (TPSA) is 46.3 Å². The Kier molecular flexibility index (Phi) is 6.91. The molecule has 3 nitrogen and oxygen atoms in total. The van der Waals surface area contributed by atoms with Gasteiger partial charge in [-0.05, 0) is 18.4 Å². The Morgan fingerprint density at radius 2 is 1.57 bits per heavy atom.